The highest BCUT2D eigenvalue weighted by molar-refractivity contribution is 6.42. The molecule has 0 fully saturated rings. The van der Waals surface area contributed by atoms with E-state index in [0.717, 1.165) is 5.56 Å². The number of rotatable bonds is 3. The molecule has 1 N–H and O–H groups in total. The summed E-state index contributed by atoms with van der Waals surface area (Å²) in [6.45, 7) is 0. The van der Waals surface area contributed by atoms with Crippen LogP contribution in [0.4, 0.5) is 0 Å². The molecule has 1 aromatic carbocycles. The average Bonchev–Trinajstić information content (AvgIpc) is 2.83. The third-order valence-electron chi connectivity index (χ3n) is 2.03. The molecular formula is C11H8Cl2N4O. The summed E-state index contributed by atoms with van der Waals surface area (Å²) in [7, 11) is 0. The fraction of sp³-hybridized carbons (Fsp3) is 0. The van der Waals surface area contributed by atoms with E-state index in [1.807, 2.05) is 0 Å². The molecular weight excluding hydrogens is 275 g/mol. The molecule has 0 aliphatic rings. The highest BCUT2D eigenvalue weighted by atomic mass is 35.5. The minimum Gasteiger partial charge on any atom is -0.268 e. The zero-order valence-electron chi connectivity index (χ0n) is 9.05. The first kappa shape index (κ1) is 12.6. The third-order valence-corrected chi connectivity index (χ3v) is 2.77. The number of hydrogen-bond acceptors (Lipinski definition) is 3. The third kappa shape index (κ3) is 3.32. The van der Waals surface area contributed by atoms with Gasteiger partial charge in [-0.15, -0.1) is 10.2 Å². The van der Waals surface area contributed by atoms with Gasteiger partial charge in [0.1, 0.15) is 12.7 Å². The van der Waals surface area contributed by atoms with Gasteiger partial charge < -0.3 is 0 Å². The lowest BCUT2D eigenvalue weighted by Gasteiger charge is -2.00. The molecule has 7 heteroatoms. The van der Waals surface area contributed by atoms with Crippen LogP contribution in [-0.4, -0.2) is 20.8 Å². The summed E-state index contributed by atoms with van der Waals surface area (Å²) in [5.74, 6) is -0.305. The Bertz CT molecular complexity index is 581. The number of carbonyl (C=O) groups is 1. The lowest BCUT2D eigenvalue weighted by Crippen LogP contribution is -2.18. The Hall–Kier alpha value is -1.85. The maximum absolute atomic E-state index is 11.5. The quantitative estimate of drug-likeness (QED) is 0.880. The van der Waals surface area contributed by atoms with Crippen molar-refractivity contribution in [3.8, 4) is 0 Å². The van der Waals surface area contributed by atoms with Crippen LogP contribution in [0.3, 0.4) is 0 Å². The van der Waals surface area contributed by atoms with Gasteiger partial charge in [0.05, 0.1) is 10.0 Å². The fourth-order valence-corrected chi connectivity index (χ4v) is 1.52. The number of benzene rings is 1. The topological polar surface area (TPSA) is 59.8 Å². The van der Waals surface area contributed by atoms with Crippen molar-refractivity contribution in [2.24, 2.45) is 0 Å². The molecule has 0 bridgehead atoms. The van der Waals surface area contributed by atoms with E-state index in [2.05, 4.69) is 15.6 Å². The lowest BCUT2D eigenvalue weighted by molar-refractivity contribution is -0.112. The van der Waals surface area contributed by atoms with Gasteiger partial charge in [0.2, 0.25) is 0 Å². The van der Waals surface area contributed by atoms with Gasteiger partial charge in [-0.2, -0.15) is 0 Å². The van der Waals surface area contributed by atoms with Crippen molar-refractivity contribution in [1.82, 2.24) is 14.9 Å². The minimum atomic E-state index is -0.305. The van der Waals surface area contributed by atoms with E-state index in [4.69, 9.17) is 23.2 Å². The second-order valence-electron chi connectivity index (χ2n) is 3.35. The number of hydrogen-bond donors (Lipinski definition) is 1. The number of carbonyl (C=O) groups excluding carboxylic acids is 1. The van der Waals surface area contributed by atoms with Gasteiger partial charge in [-0.1, -0.05) is 29.3 Å². The summed E-state index contributed by atoms with van der Waals surface area (Å²) >= 11 is 11.6. The highest BCUT2D eigenvalue weighted by Gasteiger charge is 1.99. The van der Waals surface area contributed by atoms with Crippen molar-refractivity contribution in [3.05, 3.63) is 52.5 Å². The smallest absolute Gasteiger partial charge is 0.262 e. The van der Waals surface area contributed by atoms with Crippen LogP contribution >= 0.6 is 23.2 Å². The maximum Gasteiger partial charge on any atom is 0.262 e. The average molecular weight is 283 g/mol. The van der Waals surface area contributed by atoms with E-state index in [0.29, 0.717) is 10.0 Å². The molecule has 2 rings (SSSR count). The van der Waals surface area contributed by atoms with Gasteiger partial charge in [-0.3, -0.25) is 10.2 Å². The molecule has 2 aromatic rings. The summed E-state index contributed by atoms with van der Waals surface area (Å²) in [5, 5.41) is 8.03. The molecule has 0 unspecified atom stereocenters. The highest BCUT2D eigenvalue weighted by Crippen LogP contribution is 2.22. The summed E-state index contributed by atoms with van der Waals surface area (Å²) in [4.78, 5) is 11.5. The standard InChI is InChI=1S/C11H8Cl2N4O/c12-9-3-1-8(5-10(9)13)2-4-11(18)16-17-6-14-15-7-17/h1-7H,(H,16,18). The second-order valence-corrected chi connectivity index (χ2v) is 4.17. The number of nitrogens with zero attached hydrogens (tertiary/aromatic N) is 3. The predicted molar refractivity (Wildman–Crippen MR) is 69.9 cm³/mol. The molecule has 92 valence electrons. The monoisotopic (exact) mass is 282 g/mol. The predicted octanol–water partition coefficient (Wildman–Crippen LogP) is 2.37. The molecule has 0 radical (unpaired) electrons. The summed E-state index contributed by atoms with van der Waals surface area (Å²) in [6.07, 6.45) is 5.76. The van der Waals surface area contributed by atoms with Gasteiger partial charge in [0.25, 0.3) is 5.91 Å². The molecule has 1 aromatic heterocycles. The Kier molecular flexibility index (Phi) is 3.96. The number of aromatic nitrogens is 3. The van der Waals surface area contributed by atoms with Crippen LogP contribution in [-0.2, 0) is 4.79 Å². The molecule has 0 atom stereocenters. The van der Waals surface area contributed by atoms with Crippen LogP contribution in [0.15, 0.2) is 36.9 Å². The van der Waals surface area contributed by atoms with E-state index < -0.39 is 0 Å². The Labute approximate surface area is 113 Å². The lowest BCUT2D eigenvalue weighted by atomic mass is 10.2. The van der Waals surface area contributed by atoms with E-state index in [1.54, 1.807) is 24.3 Å². The molecule has 1 amide bonds. The van der Waals surface area contributed by atoms with Crippen molar-refractivity contribution < 1.29 is 4.79 Å². The molecule has 18 heavy (non-hydrogen) atoms. The number of nitrogens with one attached hydrogen (secondary N) is 1. The van der Waals surface area contributed by atoms with Crippen molar-refractivity contribution in [2.45, 2.75) is 0 Å². The molecule has 5 nitrogen and oxygen atoms in total. The van der Waals surface area contributed by atoms with Crippen LogP contribution in [0.5, 0.6) is 0 Å². The SMILES string of the molecule is O=C(C=Cc1ccc(Cl)c(Cl)c1)Nn1cnnc1. The summed E-state index contributed by atoms with van der Waals surface area (Å²) in [5.41, 5.74) is 3.31. The Morgan fingerprint density at radius 2 is 1.94 bits per heavy atom. The normalized spacial score (nSPS) is 10.8. The van der Waals surface area contributed by atoms with Crippen LogP contribution in [0.2, 0.25) is 10.0 Å². The van der Waals surface area contributed by atoms with Crippen molar-refractivity contribution in [1.29, 1.82) is 0 Å². The van der Waals surface area contributed by atoms with E-state index in [-0.39, 0.29) is 5.91 Å². The van der Waals surface area contributed by atoms with Gasteiger partial charge >= 0.3 is 0 Å². The van der Waals surface area contributed by atoms with Gasteiger partial charge in [-0.25, -0.2) is 4.68 Å². The zero-order chi connectivity index (χ0) is 13.0. The first-order valence-corrected chi connectivity index (χ1v) is 5.69. The van der Waals surface area contributed by atoms with Crippen LogP contribution in [0, 0.1) is 0 Å². The largest absolute Gasteiger partial charge is 0.268 e. The molecule has 0 spiro atoms. The molecule has 0 saturated carbocycles. The Balaban J connectivity index is 2.01. The van der Waals surface area contributed by atoms with Crippen molar-refractivity contribution >= 4 is 35.2 Å². The van der Waals surface area contributed by atoms with Crippen molar-refractivity contribution in [2.75, 3.05) is 5.43 Å². The fourth-order valence-electron chi connectivity index (χ4n) is 1.21. The molecule has 0 aliphatic carbocycles. The molecule has 0 aliphatic heterocycles. The van der Waals surface area contributed by atoms with Crippen LogP contribution in [0.25, 0.3) is 6.08 Å². The first-order chi connectivity index (χ1) is 8.65. The summed E-state index contributed by atoms with van der Waals surface area (Å²) < 4.78 is 1.35. The Morgan fingerprint density at radius 1 is 1.22 bits per heavy atom. The van der Waals surface area contributed by atoms with Crippen LogP contribution < -0.4 is 5.43 Å². The number of halogens is 2. The van der Waals surface area contributed by atoms with Crippen LogP contribution in [0.1, 0.15) is 5.56 Å². The van der Waals surface area contributed by atoms with E-state index in [1.165, 1.54) is 23.4 Å². The zero-order valence-corrected chi connectivity index (χ0v) is 10.6. The molecule has 0 saturated heterocycles. The van der Waals surface area contributed by atoms with E-state index in [9.17, 15) is 4.79 Å². The van der Waals surface area contributed by atoms with Gasteiger partial charge in [-0.05, 0) is 23.8 Å². The van der Waals surface area contributed by atoms with E-state index >= 15 is 0 Å². The minimum absolute atomic E-state index is 0.305. The van der Waals surface area contributed by atoms with Crippen molar-refractivity contribution in [3.63, 3.8) is 0 Å². The first-order valence-electron chi connectivity index (χ1n) is 4.94. The molecule has 1 heterocycles. The maximum atomic E-state index is 11.5. The Morgan fingerprint density at radius 3 is 2.61 bits per heavy atom. The number of amides is 1. The van der Waals surface area contributed by atoms with Gasteiger partial charge in [0, 0.05) is 6.08 Å². The second kappa shape index (κ2) is 5.66. The summed E-state index contributed by atoms with van der Waals surface area (Å²) in [6, 6.07) is 5.10. The van der Waals surface area contributed by atoms with Gasteiger partial charge in [0.15, 0.2) is 0 Å².